The fourth-order valence-corrected chi connectivity index (χ4v) is 6.31. The number of rotatable bonds is 16. The van der Waals surface area contributed by atoms with E-state index in [4.69, 9.17) is 13.8 Å². The van der Waals surface area contributed by atoms with E-state index < -0.39 is 10.1 Å². The third-order valence-corrected chi connectivity index (χ3v) is 8.72. The maximum absolute atomic E-state index is 13.3. The molecule has 0 unspecified atom stereocenters. The number of hydrogen-bond acceptors (Lipinski definition) is 6. The van der Waals surface area contributed by atoms with Crippen LogP contribution >= 0.6 is 0 Å². The highest BCUT2D eigenvalue weighted by Crippen LogP contribution is 2.29. The van der Waals surface area contributed by atoms with Gasteiger partial charge in [0, 0.05) is 11.1 Å². The number of nitrogens with zero attached hydrogens (tertiary/aromatic N) is 1. The zero-order valence-corrected chi connectivity index (χ0v) is 24.8. The Hall–Kier alpha value is -3.32. The predicted molar refractivity (Wildman–Crippen MR) is 161 cm³/mol. The molecule has 6 nitrogen and oxygen atoms in total. The summed E-state index contributed by atoms with van der Waals surface area (Å²) in [5.74, 6) is 1.37. The molecule has 0 radical (unpaired) electrons. The first-order chi connectivity index (χ1) is 19.5. The van der Waals surface area contributed by atoms with E-state index in [0.29, 0.717) is 23.6 Å². The van der Waals surface area contributed by atoms with Gasteiger partial charge in [-0.3, -0.25) is 4.28 Å². The van der Waals surface area contributed by atoms with Gasteiger partial charge in [0.2, 0.25) is 0 Å². The van der Waals surface area contributed by atoms with Crippen LogP contribution in [0.15, 0.2) is 76.0 Å². The lowest BCUT2D eigenvalue weighted by atomic mass is 9.96. The molecule has 4 rings (SSSR count). The summed E-state index contributed by atoms with van der Waals surface area (Å²) in [6.45, 7) is 2.24. The van der Waals surface area contributed by atoms with Crippen LogP contribution in [0, 0.1) is 0 Å². The number of allylic oxidation sites excluding steroid dienone is 3. The number of methoxy groups -OCH3 is 2. The van der Waals surface area contributed by atoms with Gasteiger partial charge >= 0.3 is 10.1 Å². The normalized spacial score (nSPS) is 15.2. The fraction of sp³-hybridized carbons (Fsp3) is 0.424. The summed E-state index contributed by atoms with van der Waals surface area (Å²) in [5.41, 5.74) is 2.76. The van der Waals surface area contributed by atoms with E-state index in [9.17, 15) is 8.42 Å². The second-order valence-corrected chi connectivity index (χ2v) is 11.8. The lowest BCUT2D eigenvalue weighted by Gasteiger charge is -2.15. The molecule has 214 valence electrons. The maximum Gasteiger partial charge on any atom is 0.358 e. The average Bonchev–Trinajstić information content (AvgIpc) is 3.36. The van der Waals surface area contributed by atoms with Crippen molar-refractivity contribution in [2.24, 2.45) is 5.16 Å². The summed E-state index contributed by atoms with van der Waals surface area (Å²) in [5, 5.41) is 6.01. The molecule has 0 spiro atoms. The van der Waals surface area contributed by atoms with Crippen LogP contribution < -0.4 is 15.2 Å². The van der Waals surface area contributed by atoms with Crippen LogP contribution in [0.25, 0.3) is 11.6 Å². The van der Waals surface area contributed by atoms with Crippen molar-refractivity contribution < 1.29 is 22.2 Å². The predicted octanol–water partition coefficient (Wildman–Crippen LogP) is 6.34. The second-order valence-electron chi connectivity index (χ2n) is 10.3. The molecule has 2 aromatic rings. The number of fused-ring (bicyclic) bond motifs is 2. The van der Waals surface area contributed by atoms with Gasteiger partial charge in [0.25, 0.3) is 0 Å². The Labute approximate surface area is 238 Å². The summed E-state index contributed by atoms with van der Waals surface area (Å²) in [6.07, 6.45) is 18.5. The van der Waals surface area contributed by atoms with E-state index in [1.54, 1.807) is 38.5 Å². The summed E-state index contributed by atoms with van der Waals surface area (Å²) in [6, 6.07) is 12.8. The fourth-order valence-electron chi connectivity index (χ4n) is 5.32. The quantitative estimate of drug-likeness (QED) is 0.176. The molecule has 0 bridgehead atoms. The monoisotopic (exact) mass is 563 g/mol. The van der Waals surface area contributed by atoms with Gasteiger partial charge in [-0.05, 0) is 65.3 Å². The van der Waals surface area contributed by atoms with Gasteiger partial charge in [-0.2, -0.15) is 8.42 Å². The number of ether oxygens (including phenoxy) is 2. The van der Waals surface area contributed by atoms with Crippen LogP contribution in [0.5, 0.6) is 5.75 Å². The van der Waals surface area contributed by atoms with Crippen molar-refractivity contribution in [3.05, 3.63) is 81.9 Å². The molecule has 0 aromatic heterocycles. The van der Waals surface area contributed by atoms with Gasteiger partial charge in [-0.15, -0.1) is 0 Å². The molecular weight excluding hydrogens is 522 g/mol. The zero-order valence-electron chi connectivity index (χ0n) is 23.9. The van der Waals surface area contributed by atoms with Crippen LogP contribution in [-0.2, 0) is 25.6 Å². The highest BCUT2D eigenvalue weighted by atomic mass is 32.2. The summed E-state index contributed by atoms with van der Waals surface area (Å²) >= 11 is 0. The lowest BCUT2D eigenvalue weighted by Crippen LogP contribution is -2.25. The average molecular weight is 564 g/mol. The highest BCUT2D eigenvalue weighted by Gasteiger charge is 2.26. The Morgan fingerprint density at radius 2 is 1.50 bits per heavy atom. The Morgan fingerprint density at radius 3 is 2.20 bits per heavy atom. The number of unbranched alkanes of at least 4 members (excludes halogenated alkanes) is 9. The van der Waals surface area contributed by atoms with Gasteiger partial charge in [0.15, 0.2) is 0 Å². The van der Waals surface area contributed by atoms with Crippen molar-refractivity contribution in [3.63, 3.8) is 0 Å². The van der Waals surface area contributed by atoms with E-state index in [-0.39, 0.29) is 4.90 Å². The Kier molecular flexibility index (Phi) is 10.6. The third-order valence-electron chi connectivity index (χ3n) is 7.51. The van der Waals surface area contributed by atoms with Crippen LogP contribution in [-0.4, -0.2) is 28.3 Å². The molecule has 0 saturated carbocycles. The first-order valence-electron chi connectivity index (χ1n) is 14.4. The van der Waals surface area contributed by atoms with Gasteiger partial charge in [0.1, 0.15) is 22.1 Å². The smallest absolute Gasteiger partial charge is 0.358 e. The molecule has 7 heteroatoms. The SMILES string of the molecule is CCCCCCCCCCCCc1ccccc1S(=O)(=O)ON=C1C=CC(OC)=C2C=c3ccc(OC)cc3=C12. The molecule has 2 aliphatic carbocycles. The molecule has 0 saturated heterocycles. The minimum Gasteiger partial charge on any atom is -0.497 e. The zero-order chi connectivity index (χ0) is 28.4. The van der Waals surface area contributed by atoms with E-state index in [1.807, 2.05) is 36.4 Å². The highest BCUT2D eigenvalue weighted by molar-refractivity contribution is 7.86. The van der Waals surface area contributed by atoms with Crippen molar-refractivity contribution in [1.29, 1.82) is 0 Å². The summed E-state index contributed by atoms with van der Waals surface area (Å²) in [4.78, 5) is 0.175. The van der Waals surface area contributed by atoms with Crippen LogP contribution in [0.4, 0.5) is 0 Å². The van der Waals surface area contributed by atoms with Crippen LogP contribution in [0.2, 0.25) is 0 Å². The molecular formula is C33H41NO5S. The number of hydrogen-bond donors (Lipinski definition) is 0. The van der Waals surface area contributed by atoms with Crippen LogP contribution in [0.3, 0.4) is 0 Å². The lowest BCUT2D eigenvalue weighted by molar-refractivity contribution is 0.305. The van der Waals surface area contributed by atoms with E-state index in [0.717, 1.165) is 40.0 Å². The maximum atomic E-state index is 13.3. The Balaban J connectivity index is 1.44. The second kappa shape index (κ2) is 14.4. The van der Waals surface area contributed by atoms with E-state index in [1.165, 1.54) is 51.4 Å². The van der Waals surface area contributed by atoms with Crippen molar-refractivity contribution in [3.8, 4) is 5.75 Å². The molecule has 0 aliphatic heterocycles. The standard InChI is InChI=1S/C33H41NO5S/c1-4-5-6-7-8-9-10-11-12-13-16-25-17-14-15-18-32(25)40(35,36)39-34-30-21-22-31(38-3)29-23-26-19-20-27(37-2)24-28(26)33(29)30/h14-15,17-24H,4-13,16H2,1-3H3. The minimum absolute atomic E-state index is 0.175. The first kappa shape index (κ1) is 29.7. The molecule has 2 aromatic carbocycles. The van der Waals surface area contributed by atoms with Crippen LogP contribution in [0.1, 0.15) is 76.7 Å². The van der Waals surface area contributed by atoms with Gasteiger partial charge in [0.05, 0.1) is 14.2 Å². The summed E-state index contributed by atoms with van der Waals surface area (Å²) in [7, 11) is -0.888. The summed E-state index contributed by atoms with van der Waals surface area (Å²) < 4.78 is 42.9. The van der Waals surface area contributed by atoms with Crippen molar-refractivity contribution in [2.75, 3.05) is 14.2 Å². The molecule has 0 amide bonds. The molecule has 0 heterocycles. The van der Waals surface area contributed by atoms with Gasteiger partial charge in [-0.1, -0.05) is 94.1 Å². The molecule has 0 fully saturated rings. The van der Waals surface area contributed by atoms with Crippen molar-refractivity contribution >= 4 is 27.5 Å². The third kappa shape index (κ3) is 7.25. The Bertz CT molecular complexity index is 1500. The molecule has 0 atom stereocenters. The minimum atomic E-state index is -4.11. The molecule has 40 heavy (non-hydrogen) atoms. The van der Waals surface area contributed by atoms with Gasteiger partial charge in [-0.25, -0.2) is 0 Å². The molecule has 0 N–H and O–H groups in total. The van der Waals surface area contributed by atoms with E-state index >= 15 is 0 Å². The van der Waals surface area contributed by atoms with E-state index in [2.05, 4.69) is 12.1 Å². The van der Waals surface area contributed by atoms with Crippen molar-refractivity contribution in [2.45, 2.75) is 82.4 Å². The Morgan fingerprint density at radius 1 is 0.800 bits per heavy atom. The number of benzene rings is 2. The van der Waals surface area contributed by atoms with Crippen molar-refractivity contribution in [1.82, 2.24) is 0 Å². The number of aryl methyl sites for hydroxylation is 1. The molecule has 2 aliphatic rings. The first-order valence-corrected chi connectivity index (χ1v) is 15.9. The van der Waals surface area contributed by atoms with Gasteiger partial charge < -0.3 is 9.47 Å². The number of oxime groups is 1. The largest absolute Gasteiger partial charge is 0.497 e. The topological polar surface area (TPSA) is 74.2 Å².